The van der Waals surface area contributed by atoms with Crippen molar-refractivity contribution in [3.05, 3.63) is 0 Å². The standard InChI is InChI=1S/C8H18GeO/c1-3-9(4-2)7-5-6-8-10-9/h3-8H2,1-2H3. The first-order valence-corrected chi connectivity index (χ1v) is 9.77. The van der Waals surface area contributed by atoms with E-state index in [0.717, 1.165) is 6.61 Å². The first kappa shape index (κ1) is 8.60. The van der Waals surface area contributed by atoms with Gasteiger partial charge in [-0.15, -0.1) is 0 Å². The molecule has 0 aromatic rings. The number of hydrogen-bond acceptors (Lipinski definition) is 1. The summed E-state index contributed by atoms with van der Waals surface area (Å²) in [4.78, 5) is 0. The van der Waals surface area contributed by atoms with E-state index in [2.05, 4.69) is 13.8 Å². The summed E-state index contributed by atoms with van der Waals surface area (Å²) in [5.41, 5.74) is 0. The fourth-order valence-electron chi connectivity index (χ4n) is 1.72. The SMILES string of the molecule is C[CH2][Ge]1([CH2]C)[CH2]CCC[O]1. The van der Waals surface area contributed by atoms with Crippen molar-refractivity contribution in [2.24, 2.45) is 0 Å². The predicted octanol–water partition coefficient (Wildman–Crippen LogP) is 2.78. The van der Waals surface area contributed by atoms with E-state index in [-0.39, 0.29) is 0 Å². The molecule has 2 heteroatoms. The van der Waals surface area contributed by atoms with Crippen molar-refractivity contribution in [3.63, 3.8) is 0 Å². The van der Waals surface area contributed by atoms with Gasteiger partial charge < -0.3 is 0 Å². The molecule has 0 atom stereocenters. The summed E-state index contributed by atoms with van der Waals surface area (Å²) >= 11 is -1.62. The van der Waals surface area contributed by atoms with Crippen molar-refractivity contribution in [2.45, 2.75) is 42.4 Å². The second-order valence-electron chi connectivity index (χ2n) is 3.20. The average Bonchev–Trinajstić information content (AvgIpc) is 2.06. The molecule has 0 spiro atoms. The third-order valence-electron chi connectivity index (χ3n) is 2.72. The third kappa shape index (κ3) is 1.76. The van der Waals surface area contributed by atoms with Gasteiger partial charge in [-0.2, -0.15) is 0 Å². The van der Waals surface area contributed by atoms with Gasteiger partial charge in [0.25, 0.3) is 0 Å². The normalized spacial score (nSPS) is 24.6. The minimum absolute atomic E-state index is 1.07. The van der Waals surface area contributed by atoms with Crippen LogP contribution in [0, 0.1) is 0 Å². The molecule has 0 saturated carbocycles. The molecule has 0 aliphatic carbocycles. The van der Waals surface area contributed by atoms with E-state index in [1.807, 2.05) is 0 Å². The van der Waals surface area contributed by atoms with Gasteiger partial charge in [0.2, 0.25) is 0 Å². The summed E-state index contributed by atoms with van der Waals surface area (Å²) in [5, 5.41) is 4.21. The molecule has 0 bridgehead atoms. The van der Waals surface area contributed by atoms with Crippen LogP contribution >= 0.6 is 0 Å². The molecule has 1 aliphatic heterocycles. The fourth-order valence-corrected chi connectivity index (χ4v) is 8.50. The van der Waals surface area contributed by atoms with E-state index in [0.29, 0.717) is 0 Å². The van der Waals surface area contributed by atoms with E-state index in [4.69, 9.17) is 3.76 Å². The molecule has 1 aliphatic rings. The zero-order chi connectivity index (χ0) is 7.45. The van der Waals surface area contributed by atoms with Crippen LogP contribution < -0.4 is 0 Å². The first-order chi connectivity index (χ1) is 4.83. The van der Waals surface area contributed by atoms with Crippen molar-refractivity contribution >= 4 is 13.6 Å². The quantitative estimate of drug-likeness (QED) is 0.626. The first-order valence-electron chi connectivity index (χ1n) is 4.47. The Kier molecular flexibility index (Phi) is 3.24. The molecular weight excluding hydrogens is 185 g/mol. The van der Waals surface area contributed by atoms with E-state index in [9.17, 15) is 0 Å². The molecule has 0 amide bonds. The summed E-state index contributed by atoms with van der Waals surface area (Å²) in [5.74, 6) is 0. The van der Waals surface area contributed by atoms with Crippen LogP contribution in [-0.2, 0) is 3.76 Å². The summed E-state index contributed by atoms with van der Waals surface area (Å²) < 4.78 is 5.95. The molecule has 0 unspecified atom stereocenters. The van der Waals surface area contributed by atoms with Gasteiger partial charge >= 0.3 is 66.4 Å². The Morgan fingerprint density at radius 3 is 2.20 bits per heavy atom. The fraction of sp³-hybridized carbons (Fsp3) is 1.00. The molecule has 0 aromatic carbocycles. The summed E-state index contributed by atoms with van der Waals surface area (Å²) in [7, 11) is 0. The Bertz CT molecular complexity index is 91.4. The van der Waals surface area contributed by atoms with Crippen LogP contribution in [0.5, 0.6) is 0 Å². The van der Waals surface area contributed by atoms with E-state index in [1.165, 1.54) is 28.6 Å². The van der Waals surface area contributed by atoms with Crippen LogP contribution in [0.3, 0.4) is 0 Å². The molecule has 1 saturated heterocycles. The number of hydrogen-bond donors (Lipinski definition) is 0. The molecule has 1 nitrogen and oxygen atoms in total. The zero-order valence-corrected chi connectivity index (χ0v) is 9.25. The van der Waals surface area contributed by atoms with Crippen LogP contribution in [0.4, 0.5) is 0 Å². The monoisotopic (exact) mass is 204 g/mol. The third-order valence-corrected chi connectivity index (χ3v) is 12.5. The molecule has 0 radical (unpaired) electrons. The van der Waals surface area contributed by atoms with E-state index < -0.39 is 13.6 Å². The van der Waals surface area contributed by atoms with Crippen molar-refractivity contribution in [1.29, 1.82) is 0 Å². The van der Waals surface area contributed by atoms with Gasteiger partial charge in [0.15, 0.2) is 0 Å². The average molecular weight is 203 g/mol. The van der Waals surface area contributed by atoms with Crippen LogP contribution in [-0.4, -0.2) is 20.2 Å². The Balaban J connectivity index is 2.44. The summed E-state index contributed by atoms with van der Waals surface area (Å²) in [6.45, 7) is 5.70. The Morgan fingerprint density at radius 2 is 1.90 bits per heavy atom. The van der Waals surface area contributed by atoms with Gasteiger partial charge in [0, 0.05) is 0 Å². The van der Waals surface area contributed by atoms with Crippen molar-refractivity contribution in [1.82, 2.24) is 0 Å². The van der Waals surface area contributed by atoms with Gasteiger partial charge in [-0.1, -0.05) is 0 Å². The molecule has 1 fully saturated rings. The summed E-state index contributed by atoms with van der Waals surface area (Å²) in [6, 6.07) is 0. The van der Waals surface area contributed by atoms with Gasteiger partial charge in [-0.05, 0) is 0 Å². The van der Waals surface area contributed by atoms with Crippen LogP contribution in [0.15, 0.2) is 0 Å². The van der Waals surface area contributed by atoms with Gasteiger partial charge in [-0.3, -0.25) is 0 Å². The number of rotatable bonds is 2. The Labute approximate surface area is 66.8 Å². The van der Waals surface area contributed by atoms with Crippen LogP contribution in [0.1, 0.15) is 26.7 Å². The molecule has 0 aromatic heterocycles. The second-order valence-corrected chi connectivity index (χ2v) is 12.8. The van der Waals surface area contributed by atoms with E-state index in [1.54, 1.807) is 0 Å². The van der Waals surface area contributed by atoms with Gasteiger partial charge in [0.1, 0.15) is 0 Å². The van der Waals surface area contributed by atoms with Crippen LogP contribution in [0.25, 0.3) is 0 Å². The molecular formula is C8H18GeO. The van der Waals surface area contributed by atoms with Crippen molar-refractivity contribution in [2.75, 3.05) is 6.61 Å². The molecule has 1 rings (SSSR count). The second kappa shape index (κ2) is 3.77. The maximum atomic E-state index is 5.95. The van der Waals surface area contributed by atoms with E-state index >= 15 is 0 Å². The topological polar surface area (TPSA) is 9.23 Å². The predicted molar refractivity (Wildman–Crippen MR) is 46.7 cm³/mol. The molecule has 60 valence electrons. The van der Waals surface area contributed by atoms with Gasteiger partial charge in [-0.25, -0.2) is 0 Å². The van der Waals surface area contributed by atoms with Crippen molar-refractivity contribution in [3.8, 4) is 0 Å². The van der Waals surface area contributed by atoms with Crippen LogP contribution in [0.2, 0.25) is 15.8 Å². The Morgan fingerprint density at radius 1 is 1.20 bits per heavy atom. The van der Waals surface area contributed by atoms with Crippen molar-refractivity contribution < 1.29 is 3.76 Å². The maximum absolute atomic E-state index is 5.95. The zero-order valence-electron chi connectivity index (χ0n) is 7.15. The Hall–Kier alpha value is 0.503. The molecule has 10 heavy (non-hydrogen) atoms. The summed E-state index contributed by atoms with van der Waals surface area (Å²) in [6.07, 6.45) is 2.76. The molecule has 0 N–H and O–H groups in total. The molecule has 1 heterocycles. The minimum atomic E-state index is -1.62. The van der Waals surface area contributed by atoms with Gasteiger partial charge in [0.05, 0.1) is 0 Å².